The van der Waals surface area contributed by atoms with Gasteiger partial charge < -0.3 is 9.84 Å². The highest BCUT2D eigenvalue weighted by atomic mass is 16.5. The second-order valence-electron chi connectivity index (χ2n) is 10.0. The van der Waals surface area contributed by atoms with E-state index in [0.29, 0.717) is 17.9 Å². The molecule has 4 saturated carbocycles. The Balaban J connectivity index is 1.52. The predicted molar refractivity (Wildman–Crippen MR) is 97.9 cm³/mol. The van der Waals surface area contributed by atoms with Crippen molar-refractivity contribution in [3.8, 4) is 0 Å². The van der Waals surface area contributed by atoms with Crippen molar-refractivity contribution in [3.63, 3.8) is 0 Å². The molecular weight excluding hydrogens is 312 g/mol. The maximum Gasteiger partial charge on any atom is 0.308 e. The fourth-order valence-electron chi connectivity index (χ4n) is 7.70. The second-order valence-corrected chi connectivity index (χ2v) is 10.0. The van der Waals surface area contributed by atoms with Crippen molar-refractivity contribution in [1.82, 2.24) is 0 Å². The van der Waals surface area contributed by atoms with Crippen molar-refractivity contribution in [2.24, 2.45) is 40.4 Å². The molecule has 142 valence electrons. The highest BCUT2D eigenvalue weighted by Gasteiger charge is 2.60. The monoisotopic (exact) mass is 348 g/mol. The first-order valence-electron chi connectivity index (χ1n) is 10.7. The summed E-state index contributed by atoms with van der Waals surface area (Å²) in [5.41, 5.74) is 0.577. The topological polar surface area (TPSA) is 46.5 Å². The van der Waals surface area contributed by atoms with Gasteiger partial charge in [-0.05, 0) is 99.2 Å². The van der Waals surface area contributed by atoms with E-state index in [9.17, 15) is 9.90 Å². The van der Waals surface area contributed by atoms with Crippen LogP contribution in [0.15, 0.2) is 0 Å². The molecule has 0 aromatic rings. The highest BCUT2D eigenvalue weighted by molar-refractivity contribution is 5.72. The van der Waals surface area contributed by atoms with Crippen LogP contribution in [0.2, 0.25) is 0 Å². The first-order valence-corrected chi connectivity index (χ1v) is 10.7. The summed E-state index contributed by atoms with van der Waals surface area (Å²) < 4.78 is 5.32. The number of ether oxygens (including phenoxy) is 1. The zero-order valence-electron chi connectivity index (χ0n) is 16.3. The fourth-order valence-corrected chi connectivity index (χ4v) is 7.70. The molecule has 4 rings (SSSR count). The van der Waals surface area contributed by atoms with E-state index < -0.39 is 0 Å². The van der Waals surface area contributed by atoms with Gasteiger partial charge in [0.1, 0.15) is 0 Å². The molecule has 0 radical (unpaired) electrons. The summed E-state index contributed by atoms with van der Waals surface area (Å²) >= 11 is 0. The number of aliphatic hydroxyl groups is 1. The van der Waals surface area contributed by atoms with Crippen LogP contribution in [-0.2, 0) is 9.53 Å². The normalized spacial score (nSPS) is 52.0. The van der Waals surface area contributed by atoms with Gasteiger partial charge in [-0.2, -0.15) is 0 Å². The Labute approximate surface area is 152 Å². The van der Waals surface area contributed by atoms with Gasteiger partial charge in [-0.3, -0.25) is 4.79 Å². The average molecular weight is 349 g/mol. The lowest BCUT2D eigenvalue weighted by Crippen LogP contribution is -2.54. The van der Waals surface area contributed by atoms with E-state index in [1.165, 1.54) is 38.5 Å². The average Bonchev–Trinajstić information content (AvgIpc) is 2.89. The van der Waals surface area contributed by atoms with Crippen LogP contribution in [0, 0.1) is 40.4 Å². The Morgan fingerprint density at radius 3 is 2.48 bits per heavy atom. The number of hydrogen-bond acceptors (Lipinski definition) is 3. The van der Waals surface area contributed by atoms with E-state index >= 15 is 0 Å². The van der Waals surface area contributed by atoms with Crippen molar-refractivity contribution < 1.29 is 14.6 Å². The third kappa shape index (κ3) is 2.59. The van der Waals surface area contributed by atoms with E-state index in [2.05, 4.69) is 13.8 Å². The molecule has 0 bridgehead atoms. The van der Waals surface area contributed by atoms with E-state index in [1.54, 1.807) is 0 Å². The third-order valence-electron chi connectivity index (χ3n) is 9.24. The van der Waals surface area contributed by atoms with Gasteiger partial charge in [-0.25, -0.2) is 0 Å². The van der Waals surface area contributed by atoms with Gasteiger partial charge in [0, 0.05) is 0 Å². The van der Waals surface area contributed by atoms with Crippen LogP contribution in [0.3, 0.4) is 0 Å². The Kier molecular flexibility index (Phi) is 4.46. The molecule has 0 heterocycles. The van der Waals surface area contributed by atoms with Crippen LogP contribution >= 0.6 is 0 Å². The summed E-state index contributed by atoms with van der Waals surface area (Å²) in [5, 5.41) is 10.6. The van der Waals surface area contributed by atoms with Gasteiger partial charge in [-0.1, -0.05) is 13.8 Å². The molecule has 1 N–H and O–H groups in total. The smallest absolute Gasteiger partial charge is 0.308 e. The lowest BCUT2D eigenvalue weighted by Gasteiger charge is -2.60. The molecule has 0 amide bonds. The zero-order valence-corrected chi connectivity index (χ0v) is 16.3. The third-order valence-corrected chi connectivity index (χ3v) is 9.24. The Bertz CT molecular complexity index is 531. The molecule has 3 nitrogen and oxygen atoms in total. The van der Waals surface area contributed by atoms with Crippen LogP contribution in [0.25, 0.3) is 0 Å². The molecular formula is C22H36O3. The molecule has 0 unspecified atom stereocenters. The number of aliphatic hydroxyl groups excluding tert-OH is 1. The van der Waals surface area contributed by atoms with Crippen LogP contribution < -0.4 is 0 Å². The number of rotatable bonds is 2. The largest absolute Gasteiger partial charge is 0.466 e. The van der Waals surface area contributed by atoms with E-state index in [-0.39, 0.29) is 23.4 Å². The molecule has 4 fully saturated rings. The minimum Gasteiger partial charge on any atom is -0.466 e. The van der Waals surface area contributed by atoms with Gasteiger partial charge in [0.15, 0.2) is 0 Å². The number of fused-ring (bicyclic) bond motifs is 5. The highest BCUT2D eigenvalue weighted by Crippen LogP contribution is 2.66. The number of carbonyl (C=O) groups is 1. The van der Waals surface area contributed by atoms with Crippen LogP contribution in [-0.4, -0.2) is 23.8 Å². The lowest BCUT2D eigenvalue weighted by atomic mass is 9.44. The molecule has 3 heteroatoms. The van der Waals surface area contributed by atoms with Crippen molar-refractivity contribution in [2.45, 2.75) is 84.7 Å². The van der Waals surface area contributed by atoms with E-state index in [0.717, 1.165) is 37.0 Å². The maximum absolute atomic E-state index is 12.2. The van der Waals surface area contributed by atoms with Crippen LogP contribution in [0.4, 0.5) is 0 Å². The predicted octanol–water partition coefficient (Wildman–Crippen LogP) is 4.57. The summed E-state index contributed by atoms with van der Waals surface area (Å²) in [7, 11) is 0. The molecule has 8 atom stereocenters. The maximum atomic E-state index is 12.2. The van der Waals surface area contributed by atoms with Crippen molar-refractivity contribution >= 4 is 5.97 Å². The summed E-state index contributed by atoms with van der Waals surface area (Å²) in [6, 6.07) is 0. The van der Waals surface area contributed by atoms with Crippen LogP contribution in [0.5, 0.6) is 0 Å². The number of esters is 1. The fraction of sp³-hybridized carbons (Fsp3) is 0.955. The zero-order chi connectivity index (χ0) is 17.8. The molecule has 25 heavy (non-hydrogen) atoms. The molecule has 0 spiro atoms. The first kappa shape index (κ1) is 17.8. The Hall–Kier alpha value is -0.570. The minimum absolute atomic E-state index is 0.0433. The van der Waals surface area contributed by atoms with Crippen molar-refractivity contribution in [3.05, 3.63) is 0 Å². The number of hydrogen-bond donors (Lipinski definition) is 1. The Morgan fingerprint density at radius 1 is 1.00 bits per heavy atom. The SMILES string of the molecule is CCOC(=O)[C@H]1CC[C@]2(C)[C@@H](CC[C@H]3[C@H]4CC[C@H](O)[C@]4(C)CC[C@@H]32)C1. The van der Waals surface area contributed by atoms with E-state index in [1.807, 2.05) is 6.92 Å². The Morgan fingerprint density at radius 2 is 1.72 bits per heavy atom. The molecule has 0 aromatic heterocycles. The molecule has 0 aromatic carbocycles. The standard InChI is InChI=1S/C22H36O3/c1-4-25-20(24)14-9-11-21(2)15(13-14)5-6-16-17-7-8-19(23)22(17,3)12-10-18(16)21/h14-19,23H,4-13H2,1-3H3/t14-,15-,16-,17+,18-,19-,21+,22+/m0/s1. The quantitative estimate of drug-likeness (QED) is 0.744. The number of carbonyl (C=O) groups excluding carboxylic acids is 1. The van der Waals surface area contributed by atoms with Crippen molar-refractivity contribution in [1.29, 1.82) is 0 Å². The molecule has 4 aliphatic rings. The molecule has 4 aliphatic carbocycles. The summed E-state index contributed by atoms with van der Waals surface area (Å²) in [4.78, 5) is 12.2. The second kappa shape index (κ2) is 6.25. The van der Waals surface area contributed by atoms with Gasteiger partial charge in [0.2, 0.25) is 0 Å². The van der Waals surface area contributed by atoms with Gasteiger partial charge in [0.05, 0.1) is 18.6 Å². The lowest BCUT2D eigenvalue weighted by molar-refractivity contribution is -0.158. The van der Waals surface area contributed by atoms with Gasteiger partial charge >= 0.3 is 5.97 Å². The van der Waals surface area contributed by atoms with E-state index in [4.69, 9.17) is 4.74 Å². The van der Waals surface area contributed by atoms with Gasteiger partial charge in [-0.15, -0.1) is 0 Å². The molecule has 0 saturated heterocycles. The van der Waals surface area contributed by atoms with Crippen LogP contribution in [0.1, 0.15) is 78.6 Å². The first-order chi connectivity index (χ1) is 11.9. The molecule has 0 aliphatic heterocycles. The minimum atomic E-state index is -0.0801. The summed E-state index contributed by atoms with van der Waals surface area (Å²) in [6.07, 6.45) is 10.5. The van der Waals surface area contributed by atoms with Crippen molar-refractivity contribution in [2.75, 3.05) is 6.61 Å². The summed E-state index contributed by atoms with van der Waals surface area (Å²) in [5.74, 6) is 3.20. The summed E-state index contributed by atoms with van der Waals surface area (Å²) in [6.45, 7) is 7.30. The van der Waals surface area contributed by atoms with Gasteiger partial charge in [0.25, 0.3) is 0 Å².